The molecule has 1 N–H and O–H groups in total. The third-order valence-corrected chi connectivity index (χ3v) is 4.26. The Kier molecular flexibility index (Phi) is 22.6. The van der Waals surface area contributed by atoms with Crippen molar-refractivity contribution in [3.63, 3.8) is 0 Å². The van der Waals surface area contributed by atoms with Gasteiger partial charge in [0.15, 0.2) is 0 Å². The van der Waals surface area contributed by atoms with Gasteiger partial charge in [0.1, 0.15) is 0 Å². The summed E-state index contributed by atoms with van der Waals surface area (Å²) in [5, 5.41) is 0. The Labute approximate surface area is 218 Å². The van der Waals surface area contributed by atoms with Crippen molar-refractivity contribution < 1.29 is 23.3 Å². The molecule has 174 valence electrons. The summed E-state index contributed by atoms with van der Waals surface area (Å²) in [6.45, 7) is 22.7. The second-order valence-electron chi connectivity index (χ2n) is 9.72. The molecule has 0 atom stereocenters. The number of hydrogen-bond acceptors (Lipinski definition) is 0. The van der Waals surface area contributed by atoms with Crippen LogP contribution < -0.4 is 0 Å². The number of nitrogens with one attached hydrogen (secondary N) is 1. The zero-order chi connectivity index (χ0) is 20.8. The summed E-state index contributed by atoms with van der Waals surface area (Å²) in [6, 6.07) is 6.25. The van der Waals surface area contributed by atoms with Gasteiger partial charge >= 0.3 is 30.2 Å². The van der Waals surface area contributed by atoms with E-state index in [2.05, 4.69) is 99.6 Å². The molecule has 5 heteroatoms. The third kappa shape index (κ3) is 14.3. The van der Waals surface area contributed by atoms with Crippen LogP contribution in [0.25, 0.3) is 5.73 Å². The summed E-state index contributed by atoms with van der Waals surface area (Å²) in [5.41, 5.74) is 13.0. The quantitative estimate of drug-likeness (QED) is 0.229. The Morgan fingerprint density at radius 2 is 1.30 bits per heavy atom. The van der Waals surface area contributed by atoms with Crippen LogP contribution in [-0.4, -0.2) is 6.88 Å². The van der Waals surface area contributed by atoms with Crippen molar-refractivity contribution in [1.82, 2.24) is 0 Å². The summed E-state index contributed by atoms with van der Waals surface area (Å²) in [4.78, 5) is 0. The molecule has 2 radical (unpaired) electrons. The van der Waals surface area contributed by atoms with E-state index < -0.39 is 0 Å². The average molecular weight is 548 g/mol. The fourth-order valence-electron chi connectivity index (χ4n) is 2.58. The zero-order valence-corrected chi connectivity index (χ0v) is 26.0. The minimum atomic E-state index is 0. The van der Waals surface area contributed by atoms with Crippen LogP contribution in [0.1, 0.15) is 79.9 Å². The van der Waals surface area contributed by atoms with Gasteiger partial charge in [0.05, 0.1) is 0 Å². The van der Waals surface area contributed by atoms with Crippen molar-refractivity contribution in [2.45, 2.75) is 79.6 Å². The normalized spacial score (nSPS) is 12.1. The second-order valence-corrected chi connectivity index (χ2v) is 9.72. The molecule has 1 aromatic carbocycles. The third-order valence-electron chi connectivity index (χ3n) is 4.26. The Hall–Kier alpha value is 0.180. The van der Waals surface area contributed by atoms with E-state index in [1.165, 1.54) is 34.5 Å². The molecule has 0 aromatic heterocycles. The van der Waals surface area contributed by atoms with Crippen LogP contribution in [0.2, 0.25) is 0 Å². The van der Waals surface area contributed by atoms with Gasteiger partial charge in [-0.3, -0.25) is 6.08 Å². The topological polar surface area (TPSA) is 23.8 Å². The molecule has 0 bridgehead atoms. The second kappa shape index (κ2) is 16.8. The number of hydrogen-bond donors (Lipinski definition) is 0. The first-order chi connectivity index (χ1) is 11.7. The van der Waals surface area contributed by atoms with Crippen LogP contribution in [-0.2, 0) is 34.2 Å². The molecular formula is C25H43Cl2NSiZr-4. The van der Waals surface area contributed by atoms with Crippen molar-refractivity contribution >= 4 is 37.4 Å². The van der Waals surface area contributed by atoms with Gasteiger partial charge in [-0.1, -0.05) is 91.5 Å². The summed E-state index contributed by atoms with van der Waals surface area (Å²) in [6.07, 6.45) is 8.50. The molecule has 0 amide bonds. The zero-order valence-electron chi connectivity index (χ0n) is 20.9. The summed E-state index contributed by atoms with van der Waals surface area (Å²) in [7, 11) is 0. The molecule has 1 aliphatic carbocycles. The van der Waals surface area contributed by atoms with Gasteiger partial charge in [0.2, 0.25) is 0 Å². The molecule has 0 spiro atoms. The number of rotatable bonds is 0. The first kappa shape index (κ1) is 40.5. The van der Waals surface area contributed by atoms with Gasteiger partial charge in [0, 0.05) is 0 Å². The predicted molar refractivity (Wildman–Crippen MR) is 141 cm³/mol. The summed E-state index contributed by atoms with van der Waals surface area (Å²) in [5.74, 6) is 0. The molecule has 2 rings (SSSR count). The maximum atomic E-state index is 8.05. The fraction of sp³-hybridized carbons (Fsp3) is 0.520. The molecule has 0 unspecified atom stereocenters. The van der Waals surface area contributed by atoms with Crippen molar-refractivity contribution in [2.24, 2.45) is 5.41 Å². The van der Waals surface area contributed by atoms with Crippen molar-refractivity contribution in [1.29, 1.82) is 0 Å². The van der Waals surface area contributed by atoms with E-state index in [1.54, 1.807) is 0 Å². The number of halogens is 2. The summed E-state index contributed by atoms with van der Waals surface area (Å²) < 4.78 is 0. The van der Waals surface area contributed by atoms with E-state index in [4.69, 9.17) is 5.73 Å². The van der Waals surface area contributed by atoms with Crippen LogP contribution in [0.5, 0.6) is 0 Å². The molecule has 0 aliphatic heterocycles. The van der Waals surface area contributed by atoms with Crippen LogP contribution >= 0.6 is 24.8 Å². The monoisotopic (exact) mass is 545 g/mol. The molecule has 1 aromatic rings. The van der Waals surface area contributed by atoms with Gasteiger partial charge in [0.25, 0.3) is 0 Å². The van der Waals surface area contributed by atoms with Crippen molar-refractivity contribution in [2.75, 3.05) is 0 Å². The van der Waals surface area contributed by atoms with Gasteiger partial charge in [-0.25, -0.2) is 6.08 Å². The molecule has 30 heavy (non-hydrogen) atoms. The van der Waals surface area contributed by atoms with Gasteiger partial charge in [-0.2, -0.15) is 11.6 Å². The Morgan fingerprint density at radius 1 is 0.833 bits per heavy atom. The molecule has 1 nitrogen and oxygen atoms in total. The van der Waals surface area contributed by atoms with Gasteiger partial charge < -0.3 is 20.6 Å². The first-order valence-electron chi connectivity index (χ1n) is 9.12. The molecule has 0 heterocycles. The average Bonchev–Trinajstić information content (AvgIpc) is 3.02. The van der Waals surface area contributed by atoms with E-state index in [-0.39, 0.29) is 50.5 Å². The molecular weight excluding hydrogens is 504 g/mol. The van der Waals surface area contributed by atoms with E-state index in [9.17, 15) is 0 Å². The maximum absolute atomic E-state index is 8.05. The number of benzene rings is 1. The van der Waals surface area contributed by atoms with Crippen LogP contribution in [0.4, 0.5) is 5.69 Å². The van der Waals surface area contributed by atoms with Gasteiger partial charge in [-0.15, -0.1) is 36.9 Å². The summed E-state index contributed by atoms with van der Waals surface area (Å²) >= 11 is 1.36. The minimum absolute atomic E-state index is 0. The Morgan fingerprint density at radius 3 is 1.53 bits per heavy atom. The molecule has 0 fully saturated rings. The van der Waals surface area contributed by atoms with Crippen LogP contribution in [0.3, 0.4) is 0 Å². The fourth-order valence-corrected chi connectivity index (χ4v) is 2.58. The van der Waals surface area contributed by atoms with Crippen LogP contribution in [0, 0.1) is 26.3 Å². The van der Waals surface area contributed by atoms with E-state index >= 15 is 0 Å². The predicted octanol–water partition coefficient (Wildman–Crippen LogP) is 9.05. The molecule has 0 saturated heterocycles. The van der Waals surface area contributed by atoms with Gasteiger partial charge in [-0.05, 0) is 16.4 Å². The first-order valence-corrected chi connectivity index (χ1v) is 13.3. The molecule has 0 saturated carbocycles. The van der Waals surface area contributed by atoms with Crippen LogP contribution in [0.15, 0.2) is 35.9 Å². The van der Waals surface area contributed by atoms with Crippen molar-refractivity contribution in [3.05, 3.63) is 73.7 Å². The Bertz CT molecular complexity index is 649. The SMILES string of the molecule is CC(C)(C)C1=CC[C-]=C1.CC(C)(C)c1ccc(C(C)(C)C)c([NH-])c1.Cl.Cl.[CH3-].[CH3-].[Si]=[Zr]. The van der Waals surface area contributed by atoms with E-state index in [0.29, 0.717) is 11.1 Å². The standard InChI is InChI=1S/C14H22N.C9H13.2CH3.2ClH.Si.Zr/c1-13(2,3)10-7-8-11(12(15)9-10)14(4,5)6;1-9(2,3)8-6-4-5-7-8;;;;;;/h7-9,15H,1-6H3;6-7H,4H2,1-3H3;2*1H3;2*1H;;/q4*-1;;;;. The molecule has 1 aliphatic rings. The van der Waals surface area contributed by atoms with E-state index in [1.807, 2.05) is 6.07 Å². The number of allylic oxidation sites excluding steroid dienone is 4. The van der Waals surface area contributed by atoms with Crippen molar-refractivity contribution in [3.8, 4) is 0 Å². The Balaban J connectivity index is -0.000000122. The van der Waals surface area contributed by atoms with E-state index in [0.717, 1.165) is 12.0 Å².